The largest absolute Gasteiger partial charge is 0.496 e. The van der Waals surface area contributed by atoms with E-state index in [-0.39, 0.29) is 11.9 Å². The molecule has 0 fully saturated rings. The van der Waals surface area contributed by atoms with E-state index >= 15 is 0 Å². The molecule has 20 heavy (non-hydrogen) atoms. The van der Waals surface area contributed by atoms with Crippen LogP contribution in [0.1, 0.15) is 17.2 Å². The molecule has 5 heteroatoms. The van der Waals surface area contributed by atoms with Crippen LogP contribution in [0.2, 0.25) is 5.02 Å². The molecule has 0 aromatic heterocycles. The van der Waals surface area contributed by atoms with Crippen LogP contribution in [0.5, 0.6) is 5.75 Å². The summed E-state index contributed by atoms with van der Waals surface area (Å²) in [6.07, 6.45) is 0.605. The Morgan fingerprint density at radius 1 is 1.25 bits per heavy atom. The minimum atomic E-state index is -0.322. The van der Waals surface area contributed by atoms with Gasteiger partial charge in [0.15, 0.2) is 0 Å². The molecular formula is C15H16ClFN2O. The first kappa shape index (κ1) is 14.8. The standard InChI is InChI=1S/C15H16ClFN2O/c1-20-15-7-6-12(17)9-13(15)14(19-18)8-10-2-4-11(16)5-3-10/h2-7,9,14,19H,8,18H2,1H3. The normalized spacial score (nSPS) is 12.2. The van der Waals surface area contributed by atoms with Crippen LogP contribution in [0.3, 0.4) is 0 Å². The van der Waals surface area contributed by atoms with Gasteiger partial charge in [-0.15, -0.1) is 0 Å². The zero-order valence-corrected chi connectivity index (χ0v) is 11.8. The van der Waals surface area contributed by atoms with E-state index in [1.165, 1.54) is 12.1 Å². The molecule has 0 amide bonds. The Kier molecular flexibility index (Phi) is 4.95. The third-order valence-electron chi connectivity index (χ3n) is 3.12. The summed E-state index contributed by atoms with van der Waals surface area (Å²) in [6, 6.07) is 11.6. The predicted octanol–water partition coefficient (Wildman–Crippen LogP) is 3.23. The van der Waals surface area contributed by atoms with Gasteiger partial charge in [0.2, 0.25) is 0 Å². The maximum atomic E-state index is 13.4. The van der Waals surface area contributed by atoms with Gasteiger partial charge < -0.3 is 4.74 Å². The van der Waals surface area contributed by atoms with Gasteiger partial charge in [0.1, 0.15) is 11.6 Å². The molecule has 2 rings (SSSR count). The Morgan fingerprint density at radius 2 is 1.95 bits per heavy atom. The molecule has 0 spiro atoms. The number of halogens is 2. The van der Waals surface area contributed by atoms with Gasteiger partial charge in [0.25, 0.3) is 0 Å². The smallest absolute Gasteiger partial charge is 0.123 e. The lowest BCUT2D eigenvalue weighted by atomic mass is 9.98. The van der Waals surface area contributed by atoms with Crippen LogP contribution >= 0.6 is 11.6 Å². The van der Waals surface area contributed by atoms with Gasteiger partial charge in [0.05, 0.1) is 13.2 Å². The van der Waals surface area contributed by atoms with E-state index < -0.39 is 0 Å². The number of hydrogen-bond acceptors (Lipinski definition) is 3. The molecule has 3 nitrogen and oxygen atoms in total. The molecule has 0 aliphatic rings. The lowest BCUT2D eigenvalue weighted by Crippen LogP contribution is -2.30. The van der Waals surface area contributed by atoms with E-state index in [0.717, 1.165) is 5.56 Å². The molecule has 2 aromatic carbocycles. The van der Waals surface area contributed by atoms with Gasteiger partial charge in [-0.2, -0.15) is 0 Å². The van der Waals surface area contributed by atoms with E-state index in [1.807, 2.05) is 24.3 Å². The number of hydrazine groups is 1. The van der Waals surface area contributed by atoms with Crippen LogP contribution in [-0.2, 0) is 6.42 Å². The van der Waals surface area contributed by atoms with E-state index in [0.29, 0.717) is 22.8 Å². The minimum absolute atomic E-state index is 0.248. The lowest BCUT2D eigenvalue weighted by molar-refractivity contribution is 0.397. The first-order valence-electron chi connectivity index (χ1n) is 6.18. The number of ether oxygens (including phenoxy) is 1. The highest BCUT2D eigenvalue weighted by Crippen LogP contribution is 2.28. The van der Waals surface area contributed by atoms with Crippen molar-refractivity contribution in [1.82, 2.24) is 5.43 Å². The van der Waals surface area contributed by atoms with Crippen molar-refractivity contribution in [1.29, 1.82) is 0 Å². The fourth-order valence-electron chi connectivity index (χ4n) is 2.09. The average Bonchev–Trinajstić information content (AvgIpc) is 2.46. The highest BCUT2D eigenvalue weighted by atomic mass is 35.5. The van der Waals surface area contributed by atoms with Gasteiger partial charge in [-0.05, 0) is 42.3 Å². The van der Waals surface area contributed by atoms with Crippen molar-refractivity contribution >= 4 is 11.6 Å². The Hall–Kier alpha value is -1.62. The minimum Gasteiger partial charge on any atom is -0.496 e. The lowest BCUT2D eigenvalue weighted by Gasteiger charge is -2.19. The third kappa shape index (κ3) is 3.48. The molecule has 106 valence electrons. The molecule has 0 aliphatic carbocycles. The summed E-state index contributed by atoms with van der Waals surface area (Å²) >= 11 is 5.86. The zero-order valence-electron chi connectivity index (χ0n) is 11.1. The summed E-state index contributed by atoms with van der Waals surface area (Å²) in [5.74, 6) is 5.88. The third-order valence-corrected chi connectivity index (χ3v) is 3.37. The Morgan fingerprint density at radius 3 is 2.55 bits per heavy atom. The topological polar surface area (TPSA) is 47.3 Å². The van der Waals surface area contributed by atoms with Crippen LogP contribution < -0.4 is 16.0 Å². The maximum Gasteiger partial charge on any atom is 0.123 e. The van der Waals surface area contributed by atoms with Gasteiger partial charge in [0, 0.05) is 10.6 Å². The molecule has 0 bridgehead atoms. The highest BCUT2D eigenvalue weighted by Gasteiger charge is 2.16. The maximum absolute atomic E-state index is 13.4. The number of methoxy groups -OCH3 is 1. The van der Waals surface area contributed by atoms with Gasteiger partial charge in [-0.1, -0.05) is 23.7 Å². The summed E-state index contributed by atoms with van der Waals surface area (Å²) in [6.45, 7) is 0. The van der Waals surface area contributed by atoms with Crippen molar-refractivity contribution in [3.05, 3.63) is 64.4 Å². The molecule has 0 aliphatic heterocycles. The van der Waals surface area contributed by atoms with E-state index in [9.17, 15) is 4.39 Å². The van der Waals surface area contributed by atoms with E-state index in [4.69, 9.17) is 22.2 Å². The SMILES string of the molecule is COc1ccc(F)cc1C(Cc1ccc(Cl)cc1)NN. The Balaban J connectivity index is 2.28. The molecule has 3 N–H and O–H groups in total. The first-order chi connectivity index (χ1) is 9.63. The number of hydrogen-bond donors (Lipinski definition) is 2. The monoisotopic (exact) mass is 294 g/mol. The van der Waals surface area contributed by atoms with E-state index in [2.05, 4.69) is 5.43 Å². The molecular weight excluding hydrogens is 279 g/mol. The van der Waals surface area contributed by atoms with Crippen molar-refractivity contribution in [2.75, 3.05) is 7.11 Å². The molecule has 1 atom stereocenters. The molecule has 1 unspecified atom stereocenters. The average molecular weight is 295 g/mol. The zero-order chi connectivity index (χ0) is 14.5. The number of benzene rings is 2. The van der Waals surface area contributed by atoms with Gasteiger partial charge in [-0.3, -0.25) is 11.3 Å². The van der Waals surface area contributed by atoms with Crippen molar-refractivity contribution < 1.29 is 9.13 Å². The fourth-order valence-corrected chi connectivity index (χ4v) is 2.22. The summed E-state index contributed by atoms with van der Waals surface area (Å²) in [4.78, 5) is 0. The predicted molar refractivity (Wildman–Crippen MR) is 78.2 cm³/mol. The Bertz CT molecular complexity index is 575. The summed E-state index contributed by atoms with van der Waals surface area (Å²) in [5.41, 5.74) is 4.43. The second-order valence-electron chi connectivity index (χ2n) is 4.44. The fraction of sp³-hybridized carbons (Fsp3) is 0.200. The molecule has 0 saturated heterocycles. The van der Waals surface area contributed by atoms with Crippen LogP contribution in [0.4, 0.5) is 4.39 Å². The second-order valence-corrected chi connectivity index (χ2v) is 4.87. The molecule has 2 aromatic rings. The molecule has 0 radical (unpaired) electrons. The summed E-state index contributed by atoms with van der Waals surface area (Å²) in [7, 11) is 1.55. The molecule has 0 heterocycles. The van der Waals surface area contributed by atoms with Crippen LogP contribution in [0.15, 0.2) is 42.5 Å². The highest BCUT2D eigenvalue weighted by molar-refractivity contribution is 6.30. The number of nitrogens with one attached hydrogen (secondary N) is 1. The van der Waals surface area contributed by atoms with Crippen LogP contribution in [0, 0.1) is 5.82 Å². The summed E-state index contributed by atoms with van der Waals surface area (Å²) < 4.78 is 18.7. The summed E-state index contributed by atoms with van der Waals surface area (Å²) in [5, 5.41) is 0.675. The number of nitrogens with two attached hydrogens (primary N) is 1. The van der Waals surface area contributed by atoms with Gasteiger partial charge >= 0.3 is 0 Å². The first-order valence-corrected chi connectivity index (χ1v) is 6.56. The van der Waals surface area contributed by atoms with Crippen molar-refractivity contribution in [3.63, 3.8) is 0 Å². The van der Waals surface area contributed by atoms with Crippen molar-refractivity contribution in [3.8, 4) is 5.75 Å². The van der Waals surface area contributed by atoms with E-state index in [1.54, 1.807) is 13.2 Å². The number of rotatable bonds is 5. The quantitative estimate of drug-likeness (QED) is 0.657. The van der Waals surface area contributed by atoms with Crippen LogP contribution in [-0.4, -0.2) is 7.11 Å². The van der Waals surface area contributed by atoms with Crippen molar-refractivity contribution in [2.24, 2.45) is 5.84 Å². The van der Waals surface area contributed by atoms with Gasteiger partial charge in [-0.25, -0.2) is 4.39 Å². The molecule has 0 saturated carbocycles. The van der Waals surface area contributed by atoms with Crippen molar-refractivity contribution in [2.45, 2.75) is 12.5 Å². The Labute approximate surface area is 122 Å². The van der Waals surface area contributed by atoms with Crippen LogP contribution in [0.25, 0.3) is 0 Å². The second kappa shape index (κ2) is 6.70.